The van der Waals surface area contributed by atoms with Crippen LogP contribution in [0.5, 0.6) is 0 Å². The lowest BCUT2D eigenvalue weighted by molar-refractivity contribution is 0.524. The van der Waals surface area contributed by atoms with Crippen LogP contribution in [0.3, 0.4) is 0 Å². The van der Waals surface area contributed by atoms with Crippen molar-refractivity contribution in [3.63, 3.8) is 0 Å². The Kier molecular flexibility index (Phi) is 5.57. The van der Waals surface area contributed by atoms with Gasteiger partial charge in [-0.25, -0.2) is 0 Å². The maximum absolute atomic E-state index is 3.66. The van der Waals surface area contributed by atoms with Crippen LogP contribution in [0.2, 0.25) is 0 Å². The first-order valence-corrected chi connectivity index (χ1v) is 8.87. The third-order valence-electron chi connectivity index (χ3n) is 4.09. The van der Waals surface area contributed by atoms with Gasteiger partial charge in [-0.2, -0.15) is 0 Å². The van der Waals surface area contributed by atoms with Crippen molar-refractivity contribution >= 4 is 11.8 Å². The highest BCUT2D eigenvalue weighted by atomic mass is 32.2. The summed E-state index contributed by atoms with van der Waals surface area (Å²) in [6, 6.07) is 9.95. The van der Waals surface area contributed by atoms with Crippen molar-refractivity contribution in [3.8, 4) is 0 Å². The van der Waals surface area contributed by atoms with Crippen molar-refractivity contribution in [2.75, 3.05) is 6.54 Å². The predicted octanol–water partition coefficient (Wildman–Crippen LogP) is 5.00. The van der Waals surface area contributed by atoms with E-state index in [0.717, 1.165) is 11.3 Å². The van der Waals surface area contributed by atoms with Crippen molar-refractivity contribution < 1.29 is 0 Å². The third-order valence-corrected chi connectivity index (χ3v) is 5.40. The third kappa shape index (κ3) is 4.53. The predicted molar refractivity (Wildman–Crippen MR) is 90.7 cm³/mol. The SMILES string of the molecule is CCCNC1CCC(Sc2ccc(C(C)(C)C)cc2)C1. The Bertz CT molecular complexity index is 404. The van der Waals surface area contributed by atoms with Crippen LogP contribution >= 0.6 is 11.8 Å². The zero-order valence-corrected chi connectivity index (χ0v) is 14.2. The highest BCUT2D eigenvalue weighted by molar-refractivity contribution is 8.00. The van der Waals surface area contributed by atoms with E-state index in [-0.39, 0.29) is 5.41 Å². The zero-order chi connectivity index (χ0) is 14.6. The van der Waals surface area contributed by atoms with Gasteiger partial charge in [-0.1, -0.05) is 39.8 Å². The molecule has 2 atom stereocenters. The molecule has 2 heteroatoms. The zero-order valence-electron chi connectivity index (χ0n) is 13.4. The van der Waals surface area contributed by atoms with E-state index < -0.39 is 0 Å². The molecule has 1 nitrogen and oxygen atoms in total. The molecule has 1 aromatic rings. The molecule has 1 N–H and O–H groups in total. The van der Waals surface area contributed by atoms with Crippen molar-refractivity contribution in [3.05, 3.63) is 29.8 Å². The number of rotatable bonds is 5. The number of thioether (sulfide) groups is 1. The summed E-state index contributed by atoms with van der Waals surface area (Å²) < 4.78 is 0. The van der Waals surface area contributed by atoms with Gasteiger partial charge in [0.1, 0.15) is 0 Å². The summed E-state index contributed by atoms with van der Waals surface area (Å²) >= 11 is 2.07. The Hall–Kier alpha value is -0.470. The van der Waals surface area contributed by atoms with E-state index in [1.54, 1.807) is 0 Å². The fraction of sp³-hybridized carbons (Fsp3) is 0.667. The summed E-state index contributed by atoms with van der Waals surface area (Å²) in [5.41, 5.74) is 1.68. The highest BCUT2D eigenvalue weighted by Crippen LogP contribution is 2.35. The number of benzene rings is 1. The molecule has 2 unspecified atom stereocenters. The van der Waals surface area contributed by atoms with Gasteiger partial charge in [0.25, 0.3) is 0 Å². The largest absolute Gasteiger partial charge is 0.314 e. The molecule has 1 saturated carbocycles. The summed E-state index contributed by atoms with van der Waals surface area (Å²) in [6.07, 6.45) is 5.26. The second kappa shape index (κ2) is 7.00. The molecular formula is C18H29NS. The molecule has 0 amide bonds. The lowest BCUT2D eigenvalue weighted by Gasteiger charge is -2.19. The summed E-state index contributed by atoms with van der Waals surface area (Å²) in [5.74, 6) is 0. The maximum atomic E-state index is 3.66. The Labute approximate surface area is 128 Å². The minimum absolute atomic E-state index is 0.256. The van der Waals surface area contributed by atoms with E-state index in [4.69, 9.17) is 0 Å². The molecule has 1 aliphatic carbocycles. The topological polar surface area (TPSA) is 12.0 Å². The van der Waals surface area contributed by atoms with Gasteiger partial charge >= 0.3 is 0 Å². The van der Waals surface area contributed by atoms with Crippen molar-refractivity contribution in [2.45, 2.75) is 75.0 Å². The maximum Gasteiger partial charge on any atom is 0.0110 e. The van der Waals surface area contributed by atoms with Gasteiger partial charge in [0.2, 0.25) is 0 Å². The van der Waals surface area contributed by atoms with Crippen LogP contribution in [0.25, 0.3) is 0 Å². The first-order valence-electron chi connectivity index (χ1n) is 7.99. The summed E-state index contributed by atoms with van der Waals surface area (Å²) in [4.78, 5) is 1.43. The smallest absolute Gasteiger partial charge is 0.0110 e. The van der Waals surface area contributed by atoms with Crippen molar-refractivity contribution in [2.24, 2.45) is 0 Å². The molecule has 0 spiro atoms. The molecule has 0 radical (unpaired) electrons. The van der Waals surface area contributed by atoms with Gasteiger partial charge in [-0.05, 0) is 55.3 Å². The molecule has 2 rings (SSSR count). The Morgan fingerprint density at radius 1 is 1.15 bits per heavy atom. The standard InChI is InChI=1S/C18H29NS/c1-5-12-19-15-8-11-17(13-15)20-16-9-6-14(7-10-16)18(2,3)4/h6-7,9-10,15,17,19H,5,8,11-13H2,1-4H3. The summed E-state index contributed by atoms with van der Waals surface area (Å²) in [7, 11) is 0. The number of hydrogen-bond donors (Lipinski definition) is 1. The van der Waals surface area contributed by atoms with Crippen LogP contribution in [-0.4, -0.2) is 17.8 Å². The fourth-order valence-electron chi connectivity index (χ4n) is 2.81. The fourth-order valence-corrected chi connectivity index (χ4v) is 4.07. The van der Waals surface area contributed by atoms with Crippen LogP contribution < -0.4 is 5.32 Å². The quantitative estimate of drug-likeness (QED) is 0.819. The summed E-state index contributed by atoms with van der Waals surface area (Å²) in [5, 5.41) is 4.46. The average Bonchev–Trinajstić information content (AvgIpc) is 2.83. The molecule has 0 aliphatic heterocycles. The van der Waals surface area contributed by atoms with Gasteiger partial charge in [0, 0.05) is 16.2 Å². The van der Waals surface area contributed by atoms with E-state index >= 15 is 0 Å². The van der Waals surface area contributed by atoms with Crippen LogP contribution in [0, 0.1) is 0 Å². The molecule has 20 heavy (non-hydrogen) atoms. The Balaban J connectivity index is 1.85. The molecular weight excluding hydrogens is 262 g/mol. The minimum atomic E-state index is 0.256. The van der Waals surface area contributed by atoms with Gasteiger partial charge in [0.05, 0.1) is 0 Å². The molecule has 1 aliphatic rings. The highest BCUT2D eigenvalue weighted by Gasteiger charge is 2.24. The molecule has 0 bridgehead atoms. The van der Waals surface area contributed by atoms with Gasteiger partial charge in [-0.3, -0.25) is 0 Å². The van der Waals surface area contributed by atoms with Gasteiger partial charge in [-0.15, -0.1) is 11.8 Å². The second-order valence-corrected chi connectivity index (χ2v) is 8.35. The van der Waals surface area contributed by atoms with E-state index in [2.05, 4.69) is 69.0 Å². The van der Waals surface area contributed by atoms with Gasteiger partial charge < -0.3 is 5.32 Å². The monoisotopic (exact) mass is 291 g/mol. The average molecular weight is 292 g/mol. The number of nitrogens with one attached hydrogen (secondary N) is 1. The van der Waals surface area contributed by atoms with E-state index in [9.17, 15) is 0 Å². The summed E-state index contributed by atoms with van der Waals surface area (Å²) in [6.45, 7) is 10.2. The first-order chi connectivity index (χ1) is 9.49. The van der Waals surface area contributed by atoms with Gasteiger partial charge in [0.15, 0.2) is 0 Å². The molecule has 0 heterocycles. The Morgan fingerprint density at radius 3 is 2.45 bits per heavy atom. The molecule has 112 valence electrons. The molecule has 0 aromatic heterocycles. The normalized spacial score (nSPS) is 23.2. The van der Waals surface area contributed by atoms with Crippen LogP contribution in [0.1, 0.15) is 58.9 Å². The molecule has 0 saturated heterocycles. The van der Waals surface area contributed by atoms with Crippen LogP contribution in [0.15, 0.2) is 29.2 Å². The van der Waals surface area contributed by atoms with Crippen molar-refractivity contribution in [1.82, 2.24) is 5.32 Å². The Morgan fingerprint density at radius 2 is 1.85 bits per heavy atom. The number of hydrogen-bond acceptors (Lipinski definition) is 2. The van der Waals surface area contributed by atoms with E-state index in [0.29, 0.717) is 0 Å². The first kappa shape index (κ1) is 15.9. The van der Waals surface area contributed by atoms with E-state index in [1.165, 1.54) is 42.7 Å². The lowest BCUT2D eigenvalue weighted by Crippen LogP contribution is -2.27. The minimum Gasteiger partial charge on any atom is -0.314 e. The van der Waals surface area contributed by atoms with Crippen LogP contribution in [-0.2, 0) is 5.41 Å². The van der Waals surface area contributed by atoms with E-state index in [1.807, 2.05) is 0 Å². The van der Waals surface area contributed by atoms with Crippen molar-refractivity contribution in [1.29, 1.82) is 0 Å². The second-order valence-electron chi connectivity index (χ2n) is 6.98. The van der Waals surface area contributed by atoms with Crippen LogP contribution in [0.4, 0.5) is 0 Å². The molecule has 1 fully saturated rings. The lowest BCUT2D eigenvalue weighted by atomic mass is 9.87. The molecule has 1 aromatic carbocycles.